The van der Waals surface area contributed by atoms with Crippen molar-refractivity contribution in [3.05, 3.63) is 106 Å². The Labute approximate surface area is 307 Å². The lowest BCUT2D eigenvalue weighted by Gasteiger charge is -2.47. The Balaban J connectivity index is 1.09. The summed E-state index contributed by atoms with van der Waals surface area (Å²) < 4.78 is 24.2. The number of benzene rings is 3. The topological polar surface area (TPSA) is 74.3 Å². The number of rotatable bonds is 10. The lowest BCUT2D eigenvalue weighted by Crippen LogP contribution is -2.50. The molecule has 0 saturated heterocycles. The summed E-state index contributed by atoms with van der Waals surface area (Å²) in [5, 5.41) is 0.770. The number of fused-ring (bicyclic) bond motifs is 3. The summed E-state index contributed by atoms with van der Waals surface area (Å²) in [5.74, 6) is 1.41. The van der Waals surface area contributed by atoms with Crippen LogP contribution < -0.4 is 9.64 Å². The first kappa shape index (κ1) is 35.6. The van der Waals surface area contributed by atoms with E-state index in [1.165, 1.54) is 16.7 Å². The Morgan fingerprint density at radius 3 is 2.55 bits per heavy atom. The maximum atomic E-state index is 13.3. The number of anilines is 1. The summed E-state index contributed by atoms with van der Waals surface area (Å²) in [6, 6.07) is 21.2. The van der Waals surface area contributed by atoms with Crippen LogP contribution in [0.4, 0.5) is 5.69 Å². The van der Waals surface area contributed by atoms with Gasteiger partial charge in [0, 0.05) is 30.6 Å². The van der Waals surface area contributed by atoms with Crippen molar-refractivity contribution < 1.29 is 28.5 Å². The Morgan fingerprint density at radius 2 is 1.82 bits per heavy atom. The molecule has 0 aromatic heterocycles. The van der Waals surface area contributed by atoms with Crippen molar-refractivity contribution >= 4 is 29.2 Å². The van der Waals surface area contributed by atoms with E-state index >= 15 is 0 Å². The van der Waals surface area contributed by atoms with E-state index in [-0.39, 0.29) is 23.5 Å². The van der Waals surface area contributed by atoms with Gasteiger partial charge in [0.1, 0.15) is 11.4 Å². The maximum Gasteiger partial charge on any atom is 0.338 e. The van der Waals surface area contributed by atoms with E-state index in [4.69, 9.17) is 30.5 Å². The Kier molecular flexibility index (Phi) is 10.2. The monoisotopic (exact) mass is 711 g/mol. The molecule has 1 fully saturated rings. The summed E-state index contributed by atoms with van der Waals surface area (Å²) >= 11 is 6.48. The second-order valence-corrected chi connectivity index (χ2v) is 16.4. The van der Waals surface area contributed by atoms with E-state index in [0.29, 0.717) is 42.1 Å². The lowest BCUT2D eigenvalue weighted by molar-refractivity contribution is -0.000159. The first-order valence-electron chi connectivity index (χ1n) is 18.5. The number of hydrogen-bond acceptors (Lipinski definition) is 7. The molecule has 1 saturated carbocycles. The number of carbonyl (C=O) groups is 2. The summed E-state index contributed by atoms with van der Waals surface area (Å²) in [4.78, 5) is 28.1. The van der Waals surface area contributed by atoms with Gasteiger partial charge in [0.2, 0.25) is 0 Å². The third kappa shape index (κ3) is 7.71. The summed E-state index contributed by atoms with van der Waals surface area (Å²) in [5.41, 5.74) is 5.26. The molecule has 270 valence electrons. The fourth-order valence-electron chi connectivity index (χ4n) is 8.61. The molecule has 0 amide bonds. The molecule has 4 aliphatic rings. The third-order valence-corrected chi connectivity index (χ3v) is 11.5. The van der Waals surface area contributed by atoms with Crippen LogP contribution in [0.15, 0.2) is 78.4 Å². The third-order valence-electron chi connectivity index (χ3n) is 11.3. The molecular formula is C43H50ClNO6. The highest BCUT2D eigenvalue weighted by Crippen LogP contribution is 2.48. The van der Waals surface area contributed by atoms with Gasteiger partial charge in [-0.05, 0) is 143 Å². The number of esters is 2. The molecule has 3 aromatic carbocycles. The standard InChI is InChI=1S/C43H50ClNO6/c1-42(2,3)51-41(47)31-13-17-38-37(24-31)45(26-43(27-50-38)19-8-11-30-23-34(44)14-16-36(30)43)25-32-12-15-35(32)39(48-4)33-21-28(22-33)18-20-49-40(46)29-9-6-5-7-10-29/h5-7,9-10,13-14,16-17,21,23-24,28,32,35,39H,8,11-12,15,18-20,22,25-27H2,1-4H3/t28?,32-,35+,39-,43-/m0/s1. The van der Waals surface area contributed by atoms with Gasteiger partial charge in [-0.1, -0.05) is 41.9 Å². The van der Waals surface area contributed by atoms with Crippen LogP contribution in [0.2, 0.25) is 5.02 Å². The van der Waals surface area contributed by atoms with Crippen LogP contribution in [0.1, 0.15) is 91.1 Å². The smallest absolute Gasteiger partial charge is 0.338 e. The van der Waals surface area contributed by atoms with Crippen molar-refractivity contribution in [2.45, 2.75) is 82.8 Å². The Morgan fingerprint density at radius 1 is 1.02 bits per heavy atom. The van der Waals surface area contributed by atoms with Crippen molar-refractivity contribution in [3.8, 4) is 5.75 Å². The maximum absolute atomic E-state index is 13.3. The predicted molar refractivity (Wildman–Crippen MR) is 200 cm³/mol. The SMILES string of the molecule is CO[C@@H](C1=CC(CCOC(=O)c2ccccc2)C1)[C@@H]1CC[C@H]1CN1C[C@@]2(CCCc3cc(Cl)ccc32)COc2ccc(C(=O)OC(C)(C)C)cc21. The second kappa shape index (κ2) is 14.7. The van der Waals surface area contributed by atoms with Crippen LogP contribution in [-0.4, -0.2) is 57.1 Å². The highest BCUT2D eigenvalue weighted by Gasteiger charge is 2.46. The van der Waals surface area contributed by atoms with Gasteiger partial charge in [-0.25, -0.2) is 9.59 Å². The van der Waals surface area contributed by atoms with Crippen LogP contribution in [-0.2, 0) is 26.0 Å². The fraction of sp³-hybridized carbons (Fsp3) is 0.488. The predicted octanol–water partition coefficient (Wildman–Crippen LogP) is 9.00. The highest BCUT2D eigenvalue weighted by atomic mass is 35.5. The number of methoxy groups -OCH3 is 1. The average Bonchev–Trinajstić information content (AvgIpc) is 3.23. The molecule has 7 rings (SSSR count). The number of hydrogen-bond donors (Lipinski definition) is 0. The number of halogens is 1. The number of aryl methyl sites for hydroxylation is 1. The minimum atomic E-state index is -0.590. The summed E-state index contributed by atoms with van der Waals surface area (Å²) in [6.07, 6.45) is 9.51. The normalized spacial score (nSPS) is 24.5. The number of ether oxygens (including phenoxy) is 4. The first-order chi connectivity index (χ1) is 24.5. The minimum Gasteiger partial charge on any atom is -0.490 e. The molecular weight excluding hydrogens is 662 g/mol. The zero-order valence-corrected chi connectivity index (χ0v) is 31.0. The van der Waals surface area contributed by atoms with Gasteiger partial charge in [0.25, 0.3) is 0 Å². The van der Waals surface area contributed by atoms with E-state index in [0.717, 1.165) is 74.5 Å². The molecule has 0 bridgehead atoms. The molecule has 1 spiro atoms. The van der Waals surface area contributed by atoms with Gasteiger partial charge in [0.15, 0.2) is 0 Å². The summed E-state index contributed by atoms with van der Waals surface area (Å²) in [6.45, 7) is 8.29. The summed E-state index contributed by atoms with van der Waals surface area (Å²) in [7, 11) is 1.83. The lowest BCUT2D eigenvalue weighted by atomic mass is 9.65. The molecule has 7 nitrogen and oxygen atoms in total. The molecule has 1 heterocycles. The molecule has 1 unspecified atom stereocenters. The van der Waals surface area contributed by atoms with E-state index < -0.39 is 5.60 Å². The molecule has 0 radical (unpaired) electrons. The van der Waals surface area contributed by atoms with Gasteiger partial charge in [-0.15, -0.1) is 0 Å². The molecule has 8 heteroatoms. The van der Waals surface area contributed by atoms with Crippen molar-refractivity contribution in [2.75, 3.05) is 38.3 Å². The molecule has 3 aliphatic carbocycles. The van der Waals surface area contributed by atoms with Crippen LogP contribution in [0.25, 0.3) is 0 Å². The van der Waals surface area contributed by atoms with Crippen LogP contribution in [0.5, 0.6) is 5.75 Å². The van der Waals surface area contributed by atoms with E-state index in [9.17, 15) is 9.59 Å². The van der Waals surface area contributed by atoms with Gasteiger partial charge < -0.3 is 23.8 Å². The van der Waals surface area contributed by atoms with Gasteiger partial charge in [-0.3, -0.25) is 0 Å². The quantitative estimate of drug-likeness (QED) is 0.154. The highest BCUT2D eigenvalue weighted by molar-refractivity contribution is 6.30. The number of allylic oxidation sites excluding steroid dienone is 1. The number of nitrogens with zero attached hydrogens (tertiary/aromatic N) is 1. The van der Waals surface area contributed by atoms with Crippen LogP contribution in [0, 0.1) is 17.8 Å². The zero-order valence-electron chi connectivity index (χ0n) is 30.3. The average molecular weight is 712 g/mol. The molecule has 51 heavy (non-hydrogen) atoms. The zero-order chi connectivity index (χ0) is 35.8. The van der Waals surface area contributed by atoms with Crippen LogP contribution in [0.3, 0.4) is 0 Å². The molecule has 3 aromatic rings. The minimum absolute atomic E-state index is 0.0640. The fourth-order valence-corrected chi connectivity index (χ4v) is 8.81. The van der Waals surface area contributed by atoms with Gasteiger partial charge >= 0.3 is 11.9 Å². The Hall–Kier alpha value is -3.81. The largest absolute Gasteiger partial charge is 0.490 e. The van der Waals surface area contributed by atoms with Crippen molar-refractivity contribution in [3.63, 3.8) is 0 Å². The molecule has 5 atom stereocenters. The van der Waals surface area contributed by atoms with E-state index in [2.05, 4.69) is 23.1 Å². The second-order valence-electron chi connectivity index (χ2n) is 15.9. The molecule has 1 aliphatic heterocycles. The van der Waals surface area contributed by atoms with Crippen molar-refractivity contribution in [1.29, 1.82) is 0 Å². The van der Waals surface area contributed by atoms with Gasteiger partial charge in [-0.2, -0.15) is 0 Å². The van der Waals surface area contributed by atoms with Crippen molar-refractivity contribution in [1.82, 2.24) is 0 Å². The van der Waals surface area contributed by atoms with E-state index in [1.807, 2.05) is 70.3 Å². The van der Waals surface area contributed by atoms with E-state index in [1.54, 1.807) is 12.1 Å². The Bertz CT molecular complexity index is 1780. The van der Waals surface area contributed by atoms with Gasteiger partial charge in [0.05, 0.1) is 36.1 Å². The first-order valence-corrected chi connectivity index (χ1v) is 18.9. The van der Waals surface area contributed by atoms with Crippen LogP contribution >= 0.6 is 11.6 Å². The molecule has 0 N–H and O–H groups in total. The van der Waals surface area contributed by atoms with Crippen molar-refractivity contribution in [2.24, 2.45) is 17.8 Å². The number of carbonyl (C=O) groups excluding carboxylic acids is 2.